The van der Waals surface area contributed by atoms with Crippen LogP contribution in [-0.4, -0.2) is 5.11 Å². The molecule has 1 nitrogen and oxygen atoms in total. The standard InChI is InChI=1S/C26H38O/c1-17(2)6-5-7-18(3)24-12-13-25-23-10-8-19-16-20(27)9-11-21(19)22(23)14-15-26(24,25)4/h5,7,9,11,16-18,22-25,27H,6,8,10,12-15H2,1-4H3. The van der Waals surface area contributed by atoms with Gasteiger partial charge in [-0.1, -0.05) is 45.9 Å². The van der Waals surface area contributed by atoms with Crippen LogP contribution in [0.25, 0.3) is 0 Å². The summed E-state index contributed by atoms with van der Waals surface area (Å²) in [5.74, 6) is 5.25. The van der Waals surface area contributed by atoms with E-state index < -0.39 is 0 Å². The maximum atomic E-state index is 9.87. The molecule has 4 rings (SSSR count). The van der Waals surface area contributed by atoms with E-state index in [-0.39, 0.29) is 0 Å². The second-order valence-electron chi connectivity index (χ2n) is 10.4. The van der Waals surface area contributed by atoms with Gasteiger partial charge in [0.1, 0.15) is 5.75 Å². The molecule has 0 amide bonds. The van der Waals surface area contributed by atoms with Crippen molar-refractivity contribution in [1.82, 2.24) is 0 Å². The molecule has 0 spiro atoms. The van der Waals surface area contributed by atoms with Gasteiger partial charge in [-0.3, -0.25) is 0 Å². The molecule has 0 aliphatic heterocycles. The highest BCUT2D eigenvalue weighted by Gasteiger charge is 2.55. The van der Waals surface area contributed by atoms with Crippen molar-refractivity contribution in [3.63, 3.8) is 0 Å². The minimum Gasteiger partial charge on any atom is -0.508 e. The lowest BCUT2D eigenvalue weighted by Crippen LogP contribution is -2.43. The first kappa shape index (κ1) is 19.1. The van der Waals surface area contributed by atoms with E-state index in [2.05, 4.69) is 45.9 Å². The molecule has 0 heterocycles. The first-order valence-electron chi connectivity index (χ1n) is 11.4. The highest BCUT2D eigenvalue weighted by atomic mass is 16.3. The predicted octanol–water partition coefficient (Wildman–Crippen LogP) is 7.10. The molecule has 1 aromatic rings. The zero-order valence-corrected chi connectivity index (χ0v) is 17.7. The highest BCUT2D eigenvalue weighted by Crippen LogP contribution is 2.64. The SMILES string of the molecule is CC(C)CC=CC(C)C1CCC2C3CCc4cc(O)ccc4C3CCC12C. The van der Waals surface area contributed by atoms with E-state index in [0.29, 0.717) is 17.1 Å². The van der Waals surface area contributed by atoms with Gasteiger partial charge < -0.3 is 5.11 Å². The van der Waals surface area contributed by atoms with E-state index in [0.717, 1.165) is 36.0 Å². The van der Waals surface area contributed by atoms with Crippen molar-refractivity contribution in [3.8, 4) is 5.75 Å². The van der Waals surface area contributed by atoms with Crippen LogP contribution in [0.4, 0.5) is 0 Å². The summed E-state index contributed by atoms with van der Waals surface area (Å²) in [5, 5.41) is 9.87. The molecule has 0 radical (unpaired) electrons. The molecule has 3 aliphatic carbocycles. The van der Waals surface area contributed by atoms with E-state index in [1.807, 2.05) is 12.1 Å². The van der Waals surface area contributed by atoms with Gasteiger partial charge in [0.25, 0.3) is 0 Å². The third kappa shape index (κ3) is 3.36. The Kier molecular flexibility index (Phi) is 5.16. The summed E-state index contributed by atoms with van der Waals surface area (Å²) < 4.78 is 0. The lowest BCUT2D eigenvalue weighted by molar-refractivity contribution is 0.0178. The van der Waals surface area contributed by atoms with Gasteiger partial charge >= 0.3 is 0 Å². The molecular weight excluding hydrogens is 328 g/mol. The topological polar surface area (TPSA) is 20.2 Å². The maximum absolute atomic E-state index is 9.87. The summed E-state index contributed by atoms with van der Waals surface area (Å²) in [5.41, 5.74) is 3.50. The van der Waals surface area contributed by atoms with Crippen LogP contribution >= 0.6 is 0 Å². The number of phenolic OH excluding ortho intramolecular Hbond substituents is 1. The number of phenols is 1. The van der Waals surface area contributed by atoms with Crippen LogP contribution in [0.3, 0.4) is 0 Å². The third-order valence-corrected chi connectivity index (χ3v) is 8.47. The Balaban J connectivity index is 1.53. The first-order valence-corrected chi connectivity index (χ1v) is 11.4. The number of fused-ring (bicyclic) bond motifs is 5. The Labute approximate surface area is 166 Å². The first-order chi connectivity index (χ1) is 12.9. The Morgan fingerprint density at radius 1 is 1.15 bits per heavy atom. The number of allylic oxidation sites excluding steroid dienone is 2. The van der Waals surface area contributed by atoms with Gasteiger partial charge in [0.15, 0.2) is 0 Å². The summed E-state index contributed by atoms with van der Waals surface area (Å²) in [6.07, 6.45) is 14.2. The molecule has 3 aliphatic rings. The number of benzene rings is 1. The van der Waals surface area contributed by atoms with Crippen LogP contribution in [0.1, 0.15) is 83.3 Å². The smallest absolute Gasteiger partial charge is 0.115 e. The molecule has 1 N–H and O–H groups in total. The van der Waals surface area contributed by atoms with E-state index in [1.54, 1.807) is 5.56 Å². The van der Waals surface area contributed by atoms with Gasteiger partial charge in [-0.05, 0) is 109 Å². The fraction of sp³-hybridized carbons (Fsp3) is 0.692. The maximum Gasteiger partial charge on any atom is 0.115 e. The summed E-state index contributed by atoms with van der Waals surface area (Å²) in [7, 11) is 0. The molecule has 2 fully saturated rings. The van der Waals surface area contributed by atoms with E-state index in [4.69, 9.17) is 0 Å². The quantitative estimate of drug-likeness (QED) is 0.563. The molecule has 1 heteroatoms. The zero-order valence-electron chi connectivity index (χ0n) is 17.7. The van der Waals surface area contributed by atoms with Crippen molar-refractivity contribution in [1.29, 1.82) is 0 Å². The number of aromatic hydroxyl groups is 1. The molecule has 2 saturated carbocycles. The Morgan fingerprint density at radius 2 is 1.96 bits per heavy atom. The minimum atomic E-state index is 0.441. The van der Waals surface area contributed by atoms with Gasteiger partial charge in [0.2, 0.25) is 0 Å². The fourth-order valence-electron chi connectivity index (χ4n) is 7.17. The lowest BCUT2D eigenvalue weighted by Gasteiger charge is -2.51. The van der Waals surface area contributed by atoms with Gasteiger partial charge in [-0.15, -0.1) is 0 Å². The molecule has 6 atom stereocenters. The molecule has 27 heavy (non-hydrogen) atoms. The van der Waals surface area contributed by atoms with Gasteiger partial charge in [-0.25, -0.2) is 0 Å². The average Bonchev–Trinajstić information content (AvgIpc) is 2.98. The summed E-state index contributed by atoms with van der Waals surface area (Å²) in [6, 6.07) is 6.17. The third-order valence-electron chi connectivity index (χ3n) is 8.47. The van der Waals surface area contributed by atoms with Crippen molar-refractivity contribution < 1.29 is 5.11 Å². The summed E-state index contributed by atoms with van der Waals surface area (Å²) in [6.45, 7) is 9.72. The van der Waals surface area contributed by atoms with E-state index in [1.165, 1.54) is 44.1 Å². The largest absolute Gasteiger partial charge is 0.508 e. The number of hydrogen-bond acceptors (Lipinski definition) is 1. The lowest BCUT2D eigenvalue weighted by atomic mass is 9.53. The van der Waals surface area contributed by atoms with Crippen LogP contribution < -0.4 is 0 Å². The van der Waals surface area contributed by atoms with Crippen LogP contribution in [-0.2, 0) is 6.42 Å². The minimum absolute atomic E-state index is 0.441. The normalized spacial score (nSPS) is 36.5. The summed E-state index contributed by atoms with van der Waals surface area (Å²) >= 11 is 0. The molecule has 6 unspecified atom stereocenters. The predicted molar refractivity (Wildman–Crippen MR) is 114 cm³/mol. The van der Waals surface area contributed by atoms with E-state index in [9.17, 15) is 5.11 Å². The second-order valence-corrected chi connectivity index (χ2v) is 10.4. The van der Waals surface area contributed by atoms with Crippen LogP contribution in [0.2, 0.25) is 0 Å². The molecule has 0 bridgehead atoms. The molecule has 0 aromatic heterocycles. The molecule has 148 valence electrons. The Morgan fingerprint density at radius 3 is 2.74 bits per heavy atom. The van der Waals surface area contributed by atoms with E-state index >= 15 is 0 Å². The van der Waals surface area contributed by atoms with Gasteiger partial charge in [0.05, 0.1) is 0 Å². The monoisotopic (exact) mass is 366 g/mol. The Hall–Kier alpha value is -1.24. The average molecular weight is 367 g/mol. The van der Waals surface area contributed by atoms with Crippen molar-refractivity contribution in [3.05, 3.63) is 41.5 Å². The van der Waals surface area contributed by atoms with Crippen LogP contribution in [0, 0.1) is 35.0 Å². The molecular formula is C26H38O. The molecule has 1 aromatic carbocycles. The zero-order chi connectivity index (χ0) is 19.2. The summed E-state index contributed by atoms with van der Waals surface area (Å²) in [4.78, 5) is 0. The van der Waals surface area contributed by atoms with Gasteiger partial charge in [-0.2, -0.15) is 0 Å². The van der Waals surface area contributed by atoms with Crippen molar-refractivity contribution in [2.24, 2.45) is 35.0 Å². The molecule has 0 saturated heterocycles. The van der Waals surface area contributed by atoms with Crippen molar-refractivity contribution in [2.45, 2.75) is 78.6 Å². The highest BCUT2D eigenvalue weighted by molar-refractivity contribution is 5.40. The van der Waals surface area contributed by atoms with Crippen molar-refractivity contribution in [2.75, 3.05) is 0 Å². The number of hydrogen-bond donors (Lipinski definition) is 1. The number of rotatable bonds is 4. The van der Waals surface area contributed by atoms with Crippen molar-refractivity contribution >= 4 is 0 Å². The Bertz CT molecular complexity index is 702. The number of aryl methyl sites for hydroxylation is 1. The second kappa shape index (κ2) is 7.30. The van der Waals surface area contributed by atoms with Crippen LogP contribution in [0.15, 0.2) is 30.4 Å². The van der Waals surface area contributed by atoms with Crippen LogP contribution in [0.5, 0.6) is 5.75 Å². The van der Waals surface area contributed by atoms with Gasteiger partial charge in [0, 0.05) is 0 Å². The fourth-order valence-corrected chi connectivity index (χ4v) is 7.17.